The van der Waals surface area contributed by atoms with Crippen molar-refractivity contribution >= 4 is 11.9 Å². The van der Waals surface area contributed by atoms with E-state index in [0.717, 1.165) is 12.8 Å². The summed E-state index contributed by atoms with van der Waals surface area (Å²) >= 11 is 0. The molecule has 0 radical (unpaired) electrons. The molecule has 0 heterocycles. The van der Waals surface area contributed by atoms with Crippen LogP contribution in [-0.4, -0.2) is 35.7 Å². The smallest absolute Gasteiger partial charge is 0.312 e. The Labute approximate surface area is 101 Å². The molecule has 17 heavy (non-hydrogen) atoms. The van der Waals surface area contributed by atoms with E-state index in [9.17, 15) is 9.59 Å². The monoisotopic (exact) mass is 243 g/mol. The fourth-order valence-electron chi connectivity index (χ4n) is 1.91. The van der Waals surface area contributed by atoms with Gasteiger partial charge in [-0.25, -0.2) is 4.79 Å². The highest BCUT2D eigenvalue weighted by molar-refractivity contribution is 5.86. The molecule has 3 amide bonds. The first kappa shape index (κ1) is 13.8. The van der Waals surface area contributed by atoms with E-state index < -0.39 is 12.1 Å². The summed E-state index contributed by atoms with van der Waals surface area (Å²) in [7, 11) is 0. The Morgan fingerprint density at radius 3 is 2.41 bits per heavy atom. The molecule has 0 aromatic heterocycles. The first-order chi connectivity index (χ1) is 7.90. The van der Waals surface area contributed by atoms with E-state index in [1.807, 2.05) is 13.8 Å². The summed E-state index contributed by atoms with van der Waals surface area (Å²) in [6.45, 7) is 4.22. The minimum absolute atomic E-state index is 0.0190. The Kier molecular flexibility index (Phi) is 4.74. The summed E-state index contributed by atoms with van der Waals surface area (Å²) in [5, 5.41) is 14.3. The van der Waals surface area contributed by atoms with Gasteiger partial charge in [0.15, 0.2) is 0 Å². The first-order valence-corrected chi connectivity index (χ1v) is 5.92. The van der Waals surface area contributed by atoms with Gasteiger partial charge in [0.25, 0.3) is 0 Å². The average molecular weight is 243 g/mol. The number of nitrogens with one attached hydrogen (secondary N) is 2. The van der Waals surface area contributed by atoms with E-state index in [4.69, 9.17) is 10.8 Å². The zero-order valence-corrected chi connectivity index (χ0v) is 10.3. The van der Waals surface area contributed by atoms with Gasteiger partial charge in [0, 0.05) is 6.54 Å². The highest BCUT2D eigenvalue weighted by Crippen LogP contribution is 2.26. The van der Waals surface area contributed by atoms with Gasteiger partial charge in [-0.15, -0.1) is 0 Å². The van der Waals surface area contributed by atoms with Crippen molar-refractivity contribution in [1.29, 1.82) is 0 Å². The van der Waals surface area contributed by atoms with Gasteiger partial charge in [-0.1, -0.05) is 13.8 Å². The Morgan fingerprint density at radius 1 is 1.41 bits per heavy atom. The quantitative estimate of drug-likeness (QED) is 0.526. The maximum atomic E-state index is 11.8. The zero-order valence-electron chi connectivity index (χ0n) is 10.3. The first-order valence-electron chi connectivity index (χ1n) is 5.92. The molecule has 0 aromatic rings. The van der Waals surface area contributed by atoms with Gasteiger partial charge in [-0.3, -0.25) is 4.79 Å². The molecule has 1 saturated carbocycles. The third-order valence-electron chi connectivity index (χ3n) is 3.02. The molecule has 0 bridgehead atoms. The molecule has 0 saturated heterocycles. The minimum atomic E-state index is -0.696. The second-order valence-electron chi connectivity index (χ2n) is 4.97. The predicted molar refractivity (Wildman–Crippen MR) is 63.1 cm³/mol. The lowest BCUT2D eigenvalue weighted by atomic mass is 9.82. The number of aliphatic hydroxyl groups excluding tert-OH is 1. The molecule has 0 aromatic carbocycles. The number of carbonyl (C=O) groups excluding carboxylic acids is 2. The maximum Gasteiger partial charge on any atom is 0.312 e. The maximum absolute atomic E-state index is 11.8. The van der Waals surface area contributed by atoms with E-state index in [-0.39, 0.29) is 17.9 Å². The van der Waals surface area contributed by atoms with Crippen molar-refractivity contribution in [3.63, 3.8) is 0 Å². The van der Waals surface area contributed by atoms with Gasteiger partial charge in [0.05, 0.1) is 6.10 Å². The molecule has 5 N–H and O–H groups in total. The number of hydrogen-bond donors (Lipinski definition) is 4. The van der Waals surface area contributed by atoms with E-state index in [0.29, 0.717) is 12.5 Å². The number of urea groups is 1. The van der Waals surface area contributed by atoms with Crippen LogP contribution >= 0.6 is 0 Å². The third kappa shape index (κ3) is 4.22. The fraction of sp³-hybridized carbons (Fsp3) is 0.818. The highest BCUT2D eigenvalue weighted by atomic mass is 16.3. The fourth-order valence-corrected chi connectivity index (χ4v) is 1.91. The Morgan fingerprint density at radius 2 is 2.00 bits per heavy atom. The predicted octanol–water partition coefficient (Wildman–Crippen LogP) is -0.434. The van der Waals surface area contributed by atoms with Crippen molar-refractivity contribution in [2.75, 3.05) is 6.54 Å². The van der Waals surface area contributed by atoms with Crippen LogP contribution < -0.4 is 16.4 Å². The van der Waals surface area contributed by atoms with Crippen molar-refractivity contribution in [1.82, 2.24) is 10.6 Å². The molecular formula is C11H21N3O3. The van der Waals surface area contributed by atoms with Crippen LogP contribution in [0, 0.1) is 11.8 Å². The van der Waals surface area contributed by atoms with Crippen LogP contribution in [0.1, 0.15) is 26.7 Å². The van der Waals surface area contributed by atoms with E-state index >= 15 is 0 Å². The van der Waals surface area contributed by atoms with Crippen molar-refractivity contribution in [3.05, 3.63) is 0 Å². The van der Waals surface area contributed by atoms with Gasteiger partial charge < -0.3 is 21.5 Å². The number of aliphatic hydroxyl groups is 1. The highest BCUT2D eigenvalue weighted by Gasteiger charge is 2.29. The van der Waals surface area contributed by atoms with Gasteiger partial charge in [-0.2, -0.15) is 0 Å². The number of amides is 3. The molecule has 1 fully saturated rings. The Hall–Kier alpha value is -1.30. The SMILES string of the molecule is CC(C)C(NC(N)=O)C(=O)NCC1CC(O)C1. The molecule has 1 atom stereocenters. The molecule has 1 unspecified atom stereocenters. The van der Waals surface area contributed by atoms with Crippen LogP contribution in [0.2, 0.25) is 0 Å². The molecule has 0 spiro atoms. The molecule has 1 aliphatic carbocycles. The van der Waals surface area contributed by atoms with Crippen molar-refractivity contribution in [3.8, 4) is 0 Å². The summed E-state index contributed by atoms with van der Waals surface area (Å²) in [4.78, 5) is 22.6. The minimum Gasteiger partial charge on any atom is -0.393 e. The number of hydrogen-bond acceptors (Lipinski definition) is 3. The lowest BCUT2D eigenvalue weighted by molar-refractivity contribution is -0.124. The van der Waals surface area contributed by atoms with Crippen molar-refractivity contribution in [2.24, 2.45) is 17.6 Å². The topological polar surface area (TPSA) is 104 Å². The number of primary amides is 1. The number of rotatable bonds is 5. The van der Waals surface area contributed by atoms with Crippen LogP contribution in [0.3, 0.4) is 0 Å². The molecule has 1 aliphatic rings. The van der Waals surface area contributed by atoms with Crippen LogP contribution in [-0.2, 0) is 4.79 Å². The van der Waals surface area contributed by atoms with Gasteiger partial charge in [0.2, 0.25) is 5.91 Å². The number of carbonyl (C=O) groups is 2. The van der Waals surface area contributed by atoms with E-state index in [1.54, 1.807) is 0 Å². The average Bonchev–Trinajstić information content (AvgIpc) is 2.18. The largest absolute Gasteiger partial charge is 0.393 e. The van der Waals surface area contributed by atoms with Crippen molar-refractivity contribution in [2.45, 2.75) is 38.8 Å². The second kappa shape index (κ2) is 5.86. The lowest BCUT2D eigenvalue weighted by Crippen LogP contribution is -2.52. The molecule has 98 valence electrons. The van der Waals surface area contributed by atoms with Gasteiger partial charge in [0.1, 0.15) is 6.04 Å². The summed E-state index contributed by atoms with van der Waals surface area (Å²) in [6, 6.07) is -1.30. The normalized spacial score (nSPS) is 24.9. The molecular weight excluding hydrogens is 222 g/mol. The lowest BCUT2D eigenvalue weighted by Gasteiger charge is -2.32. The van der Waals surface area contributed by atoms with Gasteiger partial charge in [-0.05, 0) is 24.7 Å². The van der Waals surface area contributed by atoms with Crippen LogP contribution in [0.15, 0.2) is 0 Å². The van der Waals surface area contributed by atoms with Crippen LogP contribution in [0.5, 0.6) is 0 Å². The second-order valence-corrected chi connectivity index (χ2v) is 4.97. The number of nitrogens with two attached hydrogens (primary N) is 1. The third-order valence-corrected chi connectivity index (χ3v) is 3.02. The molecule has 6 heteroatoms. The van der Waals surface area contributed by atoms with Crippen LogP contribution in [0.4, 0.5) is 4.79 Å². The molecule has 1 rings (SSSR count). The molecule has 0 aliphatic heterocycles. The summed E-state index contributed by atoms with van der Waals surface area (Å²) < 4.78 is 0. The zero-order chi connectivity index (χ0) is 13.0. The summed E-state index contributed by atoms with van der Waals surface area (Å²) in [5.41, 5.74) is 5.02. The summed E-state index contributed by atoms with van der Waals surface area (Å²) in [5.74, 6) is 0.102. The molecule has 6 nitrogen and oxygen atoms in total. The van der Waals surface area contributed by atoms with E-state index in [1.165, 1.54) is 0 Å². The van der Waals surface area contributed by atoms with Gasteiger partial charge >= 0.3 is 6.03 Å². The van der Waals surface area contributed by atoms with Crippen LogP contribution in [0.25, 0.3) is 0 Å². The van der Waals surface area contributed by atoms with E-state index in [2.05, 4.69) is 10.6 Å². The summed E-state index contributed by atoms with van der Waals surface area (Å²) in [6.07, 6.45) is 1.24. The Balaban J connectivity index is 2.34. The standard InChI is InChI=1S/C11H21N3O3/c1-6(2)9(14-11(12)17)10(16)13-5-7-3-8(15)4-7/h6-9,15H,3-5H2,1-2H3,(H,13,16)(H3,12,14,17). The Bertz CT molecular complexity index is 288. The van der Waals surface area contributed by atoms with Crippen molar-refractivity contribution < 1.29 is 14.7 Å².